The summed E-state index contributed by atoms with van der Waals surface area (Å²) in [5.41, 5.74) is 1.96. The minimum atomic E-state index is -3.35. The molecule has 1 saturated heterocycles. The summed E-state index contributed by atoms with van der Waals surface area (Å²) in [6.45, 7) is 2.40. The highest BCUT2D eigenvalue weighted by molar-refractivity contribution is 7.88. The Balaban J connectivity index is 2.11. The molecule has 20 heavy (non-hydrogen) atoms. The zero-order chi connectivity index (χ0) is 14.8. The zero-order valence-electron chi connectivity index (χ0n) is 11.7. The van der Waals surface area contributed by atoms with Crippen molar-refractivity contribution in [3.05, 3.63) is 17.5 Å². The van der Waals surface area contributed by atoms with Gasteiger partial charge in [0.25, 0.3) is 0 Å². The number of nitrogens with zero attached hydrogens (tertiary/aromatic N) is 2. The maximum Gasteiger partial charge on any atom is 0.238 e. The molecule has 1 atom stereocenters. The topological polar surface area (TPSA) is 95.2 Å². The maximum absolute atomic E-state index is 12.2. The summed E-state index contributed by atoms with van der Waals surface area (Å²) in [4.78, 5) is 14.0. The number of amides is 1. The first-order valence-electron chi connectivity index (χ1n) is 6.62. The lowest BCUT2D eigenvalue weighted by molar-refractivity contribution is -0.133. The minimum Gasteiger partial charge on any atom is -0.333 e. The lowest BCUT2D eigenvalue weighted by atomic mass is 9.97. The number of rotatable bonds is 4. The number of H-pyrrole nitrogens is 1. The smallest absolute Gasteiger partial charge is 0.238 e. The van der Waals surface area contributed by atoms with Gasteiger partial charge in [0.05, 0.1) is 30.7 Å². The molecule has 7 nitrogen and oxygen atoms in total. The van der Waals surface area contributed by atoms with Crippen LogP contribution in [0.5, 0.6) is 0 Å². The Bertz CT molecular complexity index is 581. The van der Waals surface area contributed by atoms with E-state index in [0.717, 1.165) is 36.8 Å². The lowest BCUT2D eigenvalue weighted by Gasteiger charge is -2.35. The lowest BCUT2D eigenvalue weighted by Crippen LogP contribution is -2.44. The van der Waals surface area contributed by atoms with Crippen LogP contribution in [0.15, 0.2) is 6.20 Å². The molecule has 1 aromatic rings. The van der Waals surface area contributed by atoms with Gasteiger partial charge in [0, 0.05) is 6.54 Å². The van der Waals surface area contributed by atoms with Gasteiger partial charge in [-0.2, -0.15) is 5.10 Å². The monoisotopic (exact) mass is 300 g/mol. The highest BCUT2D eigenvalue weighted by atomic mass is 32.2. The van der Waals surface area contributed by atoms with Crippen LogP contribution in [0.2, 0.25) is 0 Å². The molecule has 0 bridgehead atoms. The van der Waals surface area contributed by atoms with Crippen LogP contribution in [0.4, 0.5) is 0 Å². The van der Waals surface area contributed by atoms with Gasteiger partial charge in [-0.3, -0.25) is 9.89 Å². The van der Waals surface area contributed by atoms with Crippen LogP contribution in [-0.2, 0) is 14.8 Å². The molecular formula is C12H20N4O3S. The number of aromatic amines is 1. The Morgan fingerprint density at radius 3 is 2.90 bits per heavy atom. The van der Waals surface area contributed by atoms with Gasteiger partial charge >= 0.3 is 0 Å². The fourth-order valence-corrected chi connectivity index (χ4v) is 2.90. The van der Waals surface area contributed by atoms with Crippen LogP contribution in [0, 0.1) is 6.92 Å². The summed E-state index contributed by atoms with van der Waals surface area (Å²) in [6, 6.07) is -0.0416. The second-order valence-corrected chi connectivity index (χ2v) is 6.99. The number of likely N-dealkylation sites (tertiary alicyclic amines) is 1. The SMILES string of the molecule is Cc1cn[nH]c1[C@H]1CCCCN1C(=O)CNS(C)(=O)=O. The number of hydrogen-bond donors (Lipinski definition) is 2. The van der Waals surface area contributed by atoms with Gasteiger partial charge in [-0.25, -0.2) is 13.1 Å². The van der Waals surface area contributed by atoms with Crippen molar-refractivity contribution in [1.29, 1.82) is 0 Å². The number of piperidine rings is 1. The summed E-state index contributed by atoms with van der Waals surface area (Å²) in [6.07, 6.45) is 5.64. The molecular weight excluding hydrogens is 280 g/mol. The molecule has 0 radical (unpaired) electrons. The highest BCUT2D eigenvalue weighted by Gasteiger charge is 2.30. The number of aromatic nitrogens is 2. The molecule has 0 aliphatic carbocycles. The van der Waals surface area contributed by atoms with Crippen LogP contribution >= 0.6 is 0 Å². The Kier molecular flexibility index (Phi) is 4.44. The van der Waals surface area contributed by atoms with Crippen molar-refractivity contribution in [2.24, 2.45) is 0 Å². The van der Waals surface area contributed by atoms with Crippen LogP contribution < -0.4 is 4.72 Å². The maximum atomic E-state index is 12.2. The summed E-state index contributed by atoms with van der Waals surface area (Å²) in [5.74, 6) is -0.200. The van der Waals surface area contributed by atoms with Gasteiger partial charge in [0.2, 0.25) is 15.9 Å². The Labute approximate surface area is 118 Å². The zero-order valence-corrected chi connectivity index (χ0v) is 12.5. The van der Waals surface area contributed by atoms with Crippen molar-refractivity contribution < 1.29 is 13.2 Å². The number of carbonyl (C=O) groups excluding carboxylic acids is 1. The Hall–Kier alpha value is -1.41. The standard InChI is InChI=1S/C12H20N4O3S/c1-9-7-13-15-12(9)10-5-3-4-6-16(10)11(17)8-14-20(2,18)19/h7,10,14H,3-6,8H2,1-2H3,(H,13,15)/t10-/m1/s1. The third kappa shape index (κ3) is 3.57. The van der Waals surface area contributed by atoms with Crippen molar-refractivity contribution in [2.45, 2.75) is 32.2 Å². The number of hydrogen-bond acceptors (Lipinski definition) is 4. The van der Waals surface area contributed by atoms with Crippen molar-refractivity contribution in [2.75, 3.05) is 19.3 Å². The van der Waals surface area contributed by atoms with Crippen LogP contribution in [-0.4, -0.2) is 48.8 Å². The molecule has 2 rings (SSSR count). The first-order chi connectivity index (χ1) is 9.38. The van der Waals surface area contributed by atoms with Gasteiger partial charge in [-0.05, 0) is 31.7 Å². The van der Waals surface area contributed by atoms with Gasteiger partial charge < -0.3 is 4.90 Å². The highest BCUT2D eigenvalue weighted by Crippen LogP contribution is 2.31. The summed E-state index contributed by atoms with van der Waals surface area (Å²) in [7, 11) is -3.35. The second-order valence-electron chi connectivity index (χ2n) is 5.16. The molecule has 1 fully saturated rings. The second kappa shape index (κ2) is 5.92. The van der Waals surface area contributed by atoms with E-state index in [2.05, 4.69) is 14.9 Å². The van der Waals surface area contributed by atoms with E-state index in [-0.39, 0.29) is 18.5 Å². The number of nitrogens with one attached hydrogen (secondary N) is 2. The van der Waals surface area contributed by atoms with Crippen LogP contribution in [0.25, 0.3) is 0 Å². The predicted molar refractivity (Wildman–Crippen MR) is 74.5 cm³/mol. The normalized spacial score (nSPS) is 20.1. The molecule has 112 valence electrons. The molecule has 1 aliphatic heterocycles. The van der Waals surface area contributed by atoms with E-state index in [4.69, 9.17) is 0 Å². The first kappa shape index (κ1) is 15.0. The minimum absolute atomic E-state index is 0.0416. The molecule has 0 aromatic carbocycles. The van der Waals surface area contributed by atoms with Crippen molar-refractivity contribution in [3.63, 3.8) is 0 Å². The van der Waals surface area contributed by atoms with E-state index in [1.54, 1.807) is 11.1 Å². The molecule has 0 saturated carbocycles. The molecule has 8 heteroatoms. The van der Waals surface area contributed by atoms with Gasteiger partial charge in [0.1, 0.15) is 0 Å². The largest absolute Gasteiger partial charge is 0.333 e. The average molecular weight is 300 g/mol. The van der Waals surface area contributed by atoms with E-state index in [0.29, 0.717) is 6.54 Å². The van der Waals surface area contributed by atoms with Crippen LogP contribution in [0.3, 0.4) is 0 Å². The molecule has 2 N–H and O–H groups in total. The van der Waals surface area contributed by atoms with Gasteiger partial charge in [0.15, 0.2) is 0 Å². The van der Waals surface area contributed by atoms with E-state index >= 15 is 0 Å². The summed E-state index contributed by atoms with van der Waals surface area (Å²) >= 11 is 0. The van der Waals surface area contributed by atoms with E-state index in [9.17, 15) is 13.2 Å². The van der Waals surface area contributed by atoms with Crippen molar-refractivity contribution in [1.82, 2.24) is 19.8 Å². The molecule has 0 unspecified atom stereocenters. The average Bonchev–Trinajstić information content (AvgIpc) is 2.81. The molecule has 1 amide bonds. The number of carbonyl (C=O) groups is 1. The molecule has 1 aliphatic rings. The molecule has 2 heterocycles. The molecule has 1 aromatic heterocycles. The quantitative estimate of drug-likeness (QED) is 0.837. The van der Waals surface area contributed by atoms with Crippen molar-refractivity contribution in [3.8, 4) is 0 Å². The molecule has 0 spiro atoms. The van der Waals surface area contributed by atoms with Gasteiger partial charge in [-0.15, -0.1) is 0 Å². The first-order valence-corrected chi connectivity index (χ1v) is 8.51. The number of aryl methyl sites for hydroxylation is 1. The van der Waals surface area contributed by atoms with E-state index < -0.39 is 10.0 Å². The third-order valence-corrected chi connectivity index (χ3v) is 4.18. The fourth-order valence-electron chi connectivity index (χ4n) is 2.52. The Morgan fingerprint density at radius 2 is 2.30 bits per heavy atom. The van der Waals surface area contributed by atoms with Gasteiger partial charge in [-0.1, -0.05) is 0 Å². The van der Waals surface area contributed by atoms with Crippen molar-refractivity contribution >= 4 is 15.9 Å². The summed E-state index contributed by atoms with van der Waals surface area (Å²) in [5, 5.41) is 6.95. The Morgan fingerprint density at radius 1 is 1.55 bits per heavy atom. The third-order valence-electron chi connectivity index (χ3n) is 3.51. The predicted octanol–water partition coefficient (Wildman–Crippen LogP) is 0.321. The number of sulfonamides is 1. The van der Waals surface area contributed by atoms with Crippen LogP contribution in [0.1, 0.15) is 36.6 Å². The fraction of sp³-hybridized carbons (Fsp3) is 0.667. The van der Waals surface area contributed by atoms with E-state index in [1.807, 2.05) is 6.92 Å². The summed E-state index contributed by atoms with van der Waals surface area (Å²) < 4.78 is 24.4. The van der Waals surface area contributed by atoms with E-state index in [1.165, 1.54) is 0 Å².